The summed E-state index contributed by atoms with van der Waals surface area (Å²) in [5, 5.41) is 3.36. The number of nitrogens with two attached hydrogens (primary N) is 1. The van der Waals surface area contributed by atoms with Crippen molar-refractivity contribution in [2.75, 3.05) is 25.0 Å². The number of primary amides is 1. The SMILES string of the molecule is CNC1(C)CCN(c2cccc(C(N)=O)n2)CC1. The van der Waals surface area contributed by atoms with Crippen molar-refractivity contribution in [3.63, 3.8) is 0 Å². The molecule has 18 heavy (non-hydrogen) atoms. The molecule has 1 amide bonds. The number of hydrogen-bond acceptors (Lipinski definition) is 4. The first-order valence-corrected chi connectivity index (χ1v) is 6.25. The first kappa shape index (κ1) is 12.8. The zero-order chi connectivity index (χ0) is 13.2. The van der Waals surface area contributed by atoms with Gasteiger partial charge in [-0.15, -0.1) is 0 Å². The standard InChI is InChI=1S/C13H20N4O/c1-13(15-2)6-8-17(9-7-13)11-5-3-4-10(16-11)12(14)18/h3-5,15H,6-9H2,1-2H3,(H2,14,18). The third-order valence-electron chi connectivity index (χ3n) is 3.78. The second-order valence-corrected chi connectivity index (χ2v) is 5.04. The molecule has 3 N–H and O–H groups in total. The third-order valence-corrected chi connectivity index (χ3v) is 3.78. The lowest BCUT2D eigenvalue weighted by molar-refractivity contribution is 0.0995. The van der Waals surface area contributed by atoms with Crippen molar-refractivity contribution in [1.29, 1.82) is 0 Å². The van der Waals surface area contributed by atoms with Crippen molar-refractivity contribution in [2.45, 2.75) is 25.3 Å². The normalized spacial score (nSPS) is 18.7. The Kier molecular flexibility index (Phi) is 3.52. The van der Waals surface area contributed by atoms with Crippen LogP contribution in [0.25, 0.3) is 0 Å². The van der Waals surface area contributed by atoms with Crippen LogP contribution in [0, 0.1) is 0 Å². The second-order valence-electron chi connectivity index (χ2n) is 5.04. The first-order valence-electron chi connectivity index (χ1n) is 6.25. The van der Waals surface area contributed by atoms with Crippen LogP contribution in [0.5, 0.6) is 0 Å². The molecule has 1 aliphatic rings. The van der Waals surface area contributed by atoms with E-state index < -0.39 is 5.91 Å². The van der Waals surface area contributed by atoms with Crippen molar-refractivity contribution in [3.05, 3.63) is 23.9 Å². The molecule has 0 unspecified atom stereocenters. The number of hydrogen-bond donors (Lipinski definition) is 2. The molecule has 0 radical (unpaired) electrons. The molecule has 0 bridgehead atoms. The zero-order valence-corrected chi connectivity index (χ0v) is 10.9. The Morgan fingerprint density at radius 2 is 2.11 bits per heavy atom. The molecule has 2 rings (SSSR count). The van der Waals surface area contributed by atoms with Crippen molar-refractivity contribution in [3.8, 4) is 0 Å². The minimum Gasteiger partial charge on any atom is -0.364 e. The Morgan fingerprint density at radius 3 is 2.67 bits per heavy atom. The van der Waals surface area contributed by atoms with Gasteiger partial charge < -0.3 is 16.0 Å². The molecule has 0 aromatic carbocycles. The van der Waals surface area contributed by atoms with E-state index in [1.807, 2.05) is 19.2 Å². The number of aromatic nitrogens is 1. The van der Waals surface area contributed by atoms with Gasteiger partial charge in [0.05, 0.1) is 0 Å². The maximum Gasteiger partial charge on any atom is 0.267 e. The van der Waals surface area contributed by atoms with Gasteiger partial charge in [-0.3, -0.25) is 4.79 Å². The van der Waals surface area contributed by atoms with Crippen LogP contribution >= 0.6 is 0 Å². The van der Waals surface area contributed by atoms with Crippen molar-refractivity contribution >= 4 is 11.7 Å². The van der Waals surface area contributed by atoms with Crippen LogP contribution in [0.2, 0.25) is 0 Å². The zero-order valence-electron chi connectivity index (χ0n) is 10.9. The Balaban J connectivity index is 2.10. The second kappa shape index (κ2) is 4.94. The molecule has 1 aromatic rings. The number of piperidine rings is 1. The smallest absolute Gasteiger partial charge is 0.267 e. The van der Waals surface area contributed by atoms with Gasteiger partial charge in [-0.05, 0) is 38.9 Å². The van der Waals surface area contributed by atoms with E-state index in [2.05, 4.69) is 22.1 Å². The maximum absolute atomic E-state index is 11.1. The molecule has 1 saturated heterocycles. The van der Waals surface area contributed by atoms with E-state index in [-0.39, 0.29) is 5.54 Å². The summed E-state index contributed by atoms with van der Waals surface area (Å²) < 4.78 is 0. The summed E-state index contributed by atoms with van der Waals surface area (Å²) in [7, 11) is 2.00. The topological polar surface area (TPSA) is 71.2 Å². The number of anilines is 1. The predicted octanol–water partition coefficient (Wildman–Crippen LogP) is 0.759. The number of carbonyl (C=O) groups excluding carboxylic acids is 1. The molecule has 0 aliphatic carbocycles. The van der Waals surface area contributed by atoms with E-state index >= 15 is 0 Å². The van der Waals surface area contributed by atoms with E-state index in [4.69, 9.17) is 5.73 Å². The van der Waals surface area contributed by atoms with Gasteiger partial charge in [0.1, 0.15) is 11.5 Å². The highest BCUT2D eigenvalue weighted by Gasteiger charge is 2.28. The number of carbonyl (C=O) groups is 1. The molecule has 5 heteroatoms. The quantitative estimate of drug-likeness (QED) is 0.828. The highest BCUT2D eigenvalue weighted by molar-refractivity contribution is 5.91. The fourth-order valence-corrected chi connectivity index (χ4v) is 2.22. The van der Waals surface area contributed by atoms with Crippen LogP contribution in [0.4, 0.5) is 5.82 Å². The Hall–Kier alpha value is -1.62. The highest BCUT2D eigenvalue weighted by atomic mass is 16.1. The number of amides is 1. The van der Waals surface area contributed by atoms with E-state index in [1.54, 1.807) is 6.07 Å². The summed E-state index contributed by atoms with van der Waals surface area (Å²) in [4.78, 5) is 17.6. The molecule has 0 atom stereocenters. The predicted molar refractivity (Wildman–Crippen MR) is 71.7 cm³/mol. The van der Waals surface area contributed by atoms with Gasteiger partial charge in [-0.1, -0.05) is 6.07 Å². The molecule has 0 spiro atoms. The largest absolute Gasteiger partial charge is 0.364 e. The summed E-state index contributed by atoms with van der Waals surface area (Å²) in [6, 6.07) is 5.40. The molecular weight excluding hydrogens is 228 g/mol. The lowest BCUT2D eigenvalue weighted by atomic mass is 9.90. The molecule has 1 aliphatic heterocycles. The minimum atomic E-state index is -0.478. The van der Waals surface area contributed by atoms with E-state index in [0.29, 0.717) is 5.69 Å². The molecule has 98 valence electrons. The average Bonchev–Trinajstić information content (AvgIpc) is 2.40. The number of nitrogens with zero attached hydrogens (tertiary/aromatic N) is 2. The van der Waals surface area contributed by atoms with Gasteiger partial charge in [-0.25, -0.2) is 4.98 Å². The van der Waals surface area contributed by atoms with Gasteiger partial charge in [-0.2, -0.15) is 0 Å². The van der Waals surface area contributed by atoms with E-state index in [0.717, 1.165) is 31.7 Å². The number of pyridine rings is 1. The van der Waals surface area contributed by atoms with Gasteiger partial charge in [0.15, 0.2) is 0 Å². The van der Waals surface area contributed by atoms with Gasteiger partial charge in [0.25, 0.3) is 5.91 Å². The van der Waals surface area contributed by atoms with Crippen molar-refractivity contribution < 1.29 is 4.79 Å². The molecular formula is C13H20N4O. The minimum absolute atomic E-state index is 0.206. The monoisotopic (exact) mass is 248 g/mol. The van der Waals surface area contributed by atoms with Crippen molar-refractivity contribution in [1.82, 2.24) is 10.3 Å². The fraction of sp³-hybridized carbons (Fsp3) is 0.538. The Morgan fingerprint density at radius 1 is 1.44 bits per heavy atom. The van der Waals surface area contributed by atoms with Gasteiger partial charge in [0, 0.05) is 18.6 Å². The summed E-state index contributed by atoms with van der Waals surface area (Å²) in [5.41, 5.74) is 5.78. The van der Waals surface area contributed by atoms with Gasteiger partial charge >= 0.3 is 0 Å². The van der Waals surface area contributed by atoms with E-state index in [1.165, 1.54) is 0 Å². The lowest BCUT2D eigenvalue weighted by Gasteiger charge is -2.39. The van der Waals surface area contributed by atoms with E-state index in [9.17, 15) is 4.79 Å². The summed E-state index contributed by atoms with van der Waals surface area (Å²) in [5.74, 6) is 0.360. The maximum atomic E-state index is 11.1. The number of rotatable bonds is 3. The number of nitrogens with one attached hydrogen (secondary N) is 1. The fourth-order valence-electron chi connectivity index (χ4n) is 2.22. The molecule has 1 aromatic heterocycles. The Labute approximate surface area is 107 Å². The van der Waals surface area contributed by atoms with Crippen LogP contribution in [0.15, 0.2) is 18.2 Å². The van der Waals surface area contributed by atoms with Gasteiger partial charge in [0.2, 0.25) is 0 Å². The lowest BCUT2D eigenvalue weighted by Crippen LogP contribution is -2.50. The van der Waals surface area contributed by atoms with Crippen LogP contribution < -0.4 is 16.0 Å². The van der Waals surface area contributed by atoms with Crippen LogP contribution in [0.3, 0.4) is 0 Å². The third kappa shape index (κ3) is 2.61. The molecule has 1 fully saturated rings. The first-order chi connectivity index (χ1) is 8.54. The molecule has 5 nitrogen and oxygen atoms in total. The Bertz CT molecular complexity index is 438. The van der Waals surface area contributed by atoms with Crippen molar-refractivity contribution in [2.24, 2.45) is 5.73 Å². The van der Waals surface area contributed by atoms with Crippen LogP contribution in [0.1, 0.15) is 30.3 Å². The highest BCUT2D eigenvalue weighted by Crippen LogP contribution is 2.24. The summed E-state index contributed by atoms with van der Waals surface area (Å²) >= 11 is 0. The average molecular weight is 248 g/mol. The molecule has 0 saturated carbocycles. The summed E-state index contributed by atoms with van der Waals surface area (Å²) in [6.45, 7) is 4.11. The van der Waals surface area contributed by atoms with Crippen LogP contribution in [-0.4, -0.2) is 36.6 Å². The summed E-state index contributed by atoms with van der Waals surface area (Å²) in [6.07, 6.45) is 2.12. The van der Waals surface area contributed by atoms with Crippen LogP contribution in [-0.2, 0) is 0 Å². The molecule has 2 heterocycles.